The van der Waals surface area contributed by atoms with Crippen LogP contribution < -0.4 is 10.4 Å². The Kier molecular flexibility index (Phi) is 10.3. The molecule has 0 N–H and O–H groups in total. The third kappa shape index (κ3) is 8.56. The topological polar surface area (TPSA) is 100 Å². The van der Waals surface area contributed by atoms with Crippen molar-refractivity contribution in [2.45, 2.75) is 71.9 Å². The maximum atomic E-state index is 13.1. The maximum absolute atomic E-state index is 13.1. The summed E-state index contributed by atoms with van der Waals surface area (Å²) in [5.41, 5.74) is 6.05. The van der Waals surface area contributed by atoms with Gasteiger partial charge in [0.1, 0.15) is 17.3 Å². The third-order valence-corrected chi connectivity index (χ3v) is 8.56. The van der Waals surface area contributed by atoms with Crippen LogP contribution in [0, 0.1) is 0 Å². The van der Waals surface area contributed by atoms with Gasteiger partial charge in [0.2, 0.25) is 0 Å². The molecule has 44 heavy (non-hydrogen) atoms. The van der Waals surface area contributed by atoms with E-state index in [0.717, 1.165) is 41.6 Å². The first kappa shape index (κ1) is 32.9. The molecule has 0 radical (unpaired) electrons. The second-order valence-corrected chi connectivity index (χ2v) is 14.6. The largest absolute Gasteiger partial charge is 0.496 e. The van der Waals surface area contributed by atoms with Gasteiger partial charge in [-0.1, -0.05) is 75.4 Å². The fraction of sp³-hybridized carbons (Fsp3) is 0.400. The van der Waals surface area contributed by atoms with E-state index in [1.165, 1.54) is 18.2 Å². The summed E-state index contributed by atoms with van der Waals surface area (Å²) in [5.74, 6) is 0.497. The summed E-state index contributed by atoms with van der Waals surface area (Å²) in [6, 6.07) is 22.3. The molecule has 9 heteroatoms. The normalized spacial score (nSPS) is 12.0. The third-order valence-electron chi connectivity index (χ3n) is 7.71. The van der Waals surface area contributed by atoms with Crippen molar-refractivity contribution in [2.24, 2.45) is 0 Å². The molecule has 0 aliphatic heterocycles. The highest BCUT2D eigenvalue weighted by Gasteiger charge is 2.17. The predicted octanol–water partition coefficient (Wildman–Crippen LogP) is 5.42. The molecule has 0 aliphatic rings. The van der Waals surface area contributed by atoms with Crippen molar-refractivity contribution in [1.29, 1.82) is 0 Å². The molecule has 0 saturated heterocycles. The van der Waals surface area contributed by atoms with Crippen LogP contribution in [0.2, 0.25) is 0 Å². The molecule has 8 nitrogen and oxygen atoms in total. The molecule has 234 valence electrons. The SMILES string of the molecule is CCn1c(CCCc2ccc(-c3ccc(OC)c(CC(=O)CS(C)(=O)=O)c3)cc2)nn(Cc2ccc(C(C)(C)C)cc2)c1=O. The van der Waals surface area contributed by atoms with Crippen LogP contribution in [-0.2, 0) is 52.4 Å². The lowest BCUT2D eigenvalue weighted by Crippen LogP contribution is -2.25. The van der Waals surface area contributed by atoms with Crippen LogP contribution >= 0.6 is 0 Å². The van der Waals surface area contributed by atoms with E-state index < -0.39 is 15.6 Å². The number of hydrogen-bond donors (Lipinski definition) is 0. The Morgan fingerprint density at radius 1 is 0.909 bits per heavy atom. The van der Waals surface area contributed by atoms with Crippen molar-refractivity contribution in [2.75, 3.05) is 19.1 Å². The summed E-state index contributed by atoms with van der Waals surface area (Å²) < 4.78 is 31.8. The van der Waals surface area contributed by atoms with E-state index in [0.29, 0.717) is 30.8 Å². The van der Waals surface area contributed by atoms with Gasteiger partial charge in [0.05, 0.1) is 13.7 Å². The molecule has 0 atom stereocenters. The summed E-state index contributed by atoms with van der Waals surface area (Å²) >= 11 is 0. The van der Waals surface area contributed by atoms with E-state index in [9.17, 15) is 18.0 Å². The molecule has 1 heterocycles. The molecule has 4 rings (SSSR count). The fourth-order valence-electron chi connectivity index (χ4n) is 5.34. The molecule has 4 aromatic rings. The number of benzene rings is 3. The molecule has 0 bridgehead atoms. The Hall–Kier alpha value is -3.98. The molecule has 0 unspecified atom stereocenters. The zero-order valence-corrected chi connectivity index (χ0v) is 27.4. The molecule has 0 spiro atoms. The van der Waals surface area contributed by atoms with Gasteiger partial charge in [0.15, 0.2) is 15.6 Å². The molecular formula is C35H43N3O5S. The van der Waals surface area contributed by atoms with Crippen molar-refractivity contribution in [3.8, 4) is 16.9 Å². The van der Waals surface area contributed by atoms with Gasteiger partial charge in [0, 0.05) is 31.2 Å². The number of aromatic nitrogens is 3. The van der Waals surface area contributed by atoms with Gasteiger partial charge in [0.25, 0.3) is 0 Å². The summed E-state index contributed by atoms with van der Waals surface area (Å²) in [5, 5.41) is 4.69. The number of nitrogens with zero attached hydrogens (tertiary/aromatic N) is 3. The summed E-state index contributed by atoms with van der Waals surface area (Å²) in [6.45, 7) is 9.56. The highest BCUT2D eigenvalue weighted by molar-refractivity contribution is 7.91. The monoisotopic (exact) mass is 617 g/mol. The zero-order chi connectivity index (χ0) is 32.1. The Morgan fingerprint density at radius 3 is 2.14 bits per heavy atom. The summed E-state index contributed by atoms with van der Waals surface area (Å²) in [7, 11) is -1.86. The maximum Gasteiger partial charge on any atom is 0.346 e. The Balaban J connectivity index is 1.40. The quantitative estimate of drug-likeness (QED) is 0.199. The lowest BCUT2D eigenvalue weighted by atomic mass is 9.87. The highest BCUT2D eigenvalue weighted by atomic mass is 32.2. The van der Waals surface area contributed by atoms with Crippen LogP contribution in [0.3, 0.4) is 0 Å². The predicted molar refractivity (Wildman–Crippen MR) is 175 cm³/mol. The number of carbonyl (C=O) groups excluding carboxylic acids is 1. The number of methoxy groups -OCH3 is 1. The second-order valence-electron chi connectivity index (χ2n) is 12.4. The number of ether oxygens (including phenoxy) is 1. The number of hydrogen-bond acceptors (Lipinski definition) is 6. The number of aryl methyl sites for hydroxylation is 2. The van der Waals surface area contributed by atoms with Crippen LogP contribution in [0.1, 0.15) is 62.2 Å². The minimum absolute atomic E-state index is 0.00968. The van der Waals surface area contributed by atoms with E-state index >= 15 is 0 Å². The van der Waals surface area contributed by atoms with Crippen molar-refractivity contribution < 1.29 is 17.9 Å². The van der Waals surface area contributed by atoms with E-state index in [-0.39, 0.29) is 23.3 Å². The van der Waals surface area contributed by atoms with Crippen molar-refractivity contribution >= 4 is 15.6 Å². The van der Waals surface area contributed by atoms with Gasteiger partial charge in [-0.2, -0.15) is 5.10 Å². The van der Waals surface area contributed by atoms with Crippen molar-refractivity contribution in [3.05, 3.63) is 105 Å². The number of rotatable bonds is 13. The van der Waals surface area contributed by atoms with Gasteiger partial charge in [-0.3, -0.25) is 9.36 Å². The Bertz CT molecular complexity index is 1760. The summed E-state index contributed by atoms with van der Waals surface area (Å²) in [6.07, 6.45) is 3.44. The first-order valence-electron chi connectivity index (χ1n) is 15.0. The highest BCUT2D eigenvalue weighted by Crippen LogP contribution is 2.28. The van der Waals surface area contributed by atoms with Crippen molar-refractivity contribution in [1.82, 2.24) is 14.3 Å². The fourth-order valence-corrected chi connectivity index (χ4v) is 6.03. The Labute approximate surface area is 260 Å². The van der Waals surface area contributed by atoms with Crippen LogP contribution in [0.5, 0.6) is 5.75 Å². The summed E-state index contributed by atoms with van der Waals surface area (Å²) in [4.78, 5) is 25.4. The van der Waals surface area contributed by atoms with Gasteiger partial charge < -0.3 is 4.74 Å². The van der Waals surface area contributed by atoms with E-state index in [1.807, 2.05) is 31.2 Å². The van der Waals surface area contributed by atoms with Gasteiger partial charge in [-0.15, -0.1) is 0 Å². The standard InChI is InChI=1S/C35H43N3O5S/c1-7-37-33(36-38(34(37)40)23-26-13-18-30(19-14-26)35(2,3)4)10-8-9-25-11-15-27(16-12-25)28-17-20-32(43-5)29(21-28)22-31(39)24-44(6,41)42/h11-21H,7-10,22-24H2,1-6H3. The molecule has 0 fully saturated rings. The van der Waals surface area contributed by atoms with E-state index in [2.05, 4.69) is 57.2 Å². The van der Waals surface area contributed by atoms with Gasteiger partial charge in [-0.05, 0) is 65.1 Å². The lowest BCUT2D eigenvalue weighted by molar-refractivity contribution is -0.116. The van der Waals surface area contributed by atoms with Crippen LogP contribution in [0.15, 0.2) is 71.5 Å². The molecule has 3 aromatic carbocycles. The van der Waals surface area contributed by atoms with Crippen molar-refractivity contribution in [3.63, 3.8) is 0 Å². The minimum Gasteiger partial charge on any atom is -0.496 e. The molecule has 1 aromatic heterocycles. The molecule has 0 aliphatic carbocycles. The van der Waals surface area contributed by atoms with E-state index in [1.54, 1.807) is 15.3 Å². The van der Waals surface area contributed by atoms with Gasteiger partial charge in [-0.25, -0.2) is 17.9 Å². The number of Topliss-reactive ketones (excluding diaryl/α,β-unsaturated/α-hetero) is 1. The number of ketones is 1. The van der Waals surface area contributed by atoms with Gasteiger partial charge >= 0.3 is 5.69 Å². The zero-order valence-electron chi connectivity index (χ0n) is 26.6. The second kappa shape index (κ2) is 13.8. The average Bonchev–Trinajstić information content (AvgIpc) is 3.25. The lowest BCUT2D eigenvalue weighted by Gasteiger charge is -2.19. The molecule has 0 saturated carbocycles. The van der Waals surface area contributed by atoms with Crippen LogP contribution in [0.25, 0.3) is 11.1 Å². The minimum atomic E-state index is -3.39. The number of carbonyl (C=O) groups is 1. The number of sulfone groups is 1. The average molecular weight is 618 g/mol. The van der Waals surface area contributed by atoms with Crippen LogP contribution in [-0.4, -0.2) is 47.7 Å². The first-order chi connectivity index (χ1) is 20.8. The van der Waals surface area contributed by atoms with E-state index in [4.69, 9.17) is 9.84 Å². The van der Waals surface area contributed by atoms with Crippen LogP contribution in [0.4, 0.5) is 0 Å². The smallest absolute Gasteiger partial charge is 0.346 e. The molecular weight excluding hydrogens is 574 g/mol. The first-order valence-corrected chi connectivity index (χ1v) is 17.0. The Morgan fingerprint density at radius 2 is 1.55 bits per heavy atom. The molecule has 0 amide bonds.